The third-order valence-electron chi connectivity index (χ3n) is 3.84. The molecule has 0 bridgehead atoms. The number of nitrogens with zero attached hydrogens (tertiary/aromatic N) is 2. The molecule has 0 radical (unpaired) electrons. The molecule has 0 unspecified atom stereocenters. The lowest BCUT2D eigenvalue weighted by Gasteiger charge is -2.35. The van der Waals surface area contributed by atoms with Crippen molar-refractivity contribution in [3.63, 3.8) is 0 Å². The Labute approximate surface area is 104 Å². The van der Waals surface area contributed by atoms with Gasteiger partial charge >= 0.3 is 0 Å². The van der Waals surface area contributed by atoms with E-state index in [2.05, 4.69) is 36.9 Å². The number of hydrogen-bond acceptors (Lipinski definition) is 2. The Morgan fingerprint density at radius 2 is 1.76 bits per heavy atom. The average molecular weight is 228 g/mol. The molecule has 2 rings (SSSR count). The van der Waals surface area contributed by atoms with Crippen LogP contribution in [0, 0.1) is 23.2 Å². The van der Waals surface area contributed by atoms with Gasteiger partial charge in [-0.25, -0.2) is 0 Å². The highest BCUT2D eigenvalue weighted by Gasteiger charge is 2.21. The van der Waals surface area contributed by atoms with E-state index in [-0.39, 0.29) is 0 Å². The van der Waals surface area contributed by atoms with Crippen LogP contribution < -0.4 is 4.90 Å². The number of benzene rings is 1. The summed E-state index contributed by atoms with van der Waals surface area (Å²) < 4.78 is 0. The minimum atomic E-state index is 0.741. The summed E-state index contributed by atoms with van der Waals surface area (Å²) in [6.45, 7) is 6.94. The summed E-state index contributed by atoms with van der Waals surface area (Å²) in [5.41, 5.74) is 2.00. The summed E-state index contributed by atoms with van der Waals surface area (Å²) in [5.74, 6) is 1.68. The molecular formula is C15H20N2. The largest absolute Gasteiger partial charge is 0.372 e. The monoisotopic (exact) mass is 228 g/mol. The molecule has 0 aliphatic carbocycles. The molecule has 90 valence electrons. The third kappa shape index (κ3) is 2.79. The van der Waals surface area contributed by atoms with E-state index in [1.807, 2.05) is 12.1 Å². The van der Waals surface area contributed by atoms with Gasteiger partial charge in [0.2, 0.25) is 0 Å². The minimum Gasteiger partial charge on any atom is -0.372 e. The Morgan fingerprint density at radius 1 is 1.18 bits per heavy atom. The molecule has 0 aromatic heterocycles. The molecule has 2 heteroatoms. The van der Waals surface area contributed by atoms with E-state index in [9.17, 15) is 0 Å². The maximum Gasteiger partial charge on any atom is 0.0991 e. The Morgan fingerprint density at radius 3 is 2.24 bits per heavy atom. The molecule has 1 aromatic rings. The lowest BCUT2D eigenvalue weighted by Crippen LogP contribution is -2.35. The second-order valence-electron chi connectivity index (χ2n) is 5.23. The topological polar surface area (TPSA) is 27.0 Å². The van der Waals surface area contributed by atoms with Crippen LogP contribution in [0.15, 0.2) is 24.3 Å². The minimum absolute atomic E-state index is 0.741. The summed E-state index contributed by atoms with van der Waals surface area (Å²) in [6.07, 6.45) is 2.58. The van der Waals surface area contributed by atoms with Gasteiger partial charge in [0.15, 0.2) is 0 Å². The van der Waals surface area contributed by atoms with Gasteiger partial charge in [0.1, 0.15) is 0 Å². The van der Waals surface area contributed by atoms with Gasteiger partial charge in [-0.1, -0.05) is 13.8 Å². The lowest BCUT2D eigenvalue weighted by atomic mass is 9.86. The second kappa shape index (κ2) is 5.23. The van der Waals surface area contributed by atoms with Gasteiger partial charge in [-0.2, -0.15) is 5.26 Å². The fourth-order valence-corrected chi connectivity index (χ4v) is 2.57. The van der Waals surface area contributed by atoms with Gasteiger partial charge in [-0.15, -0.1) is 0 Å². The molecule has 1 aliphatic rings. The SMILES string of the molecule is CC(C)C1CCN(c2ccc(C#N)cc2)CC1. The molecule has 1 saturated heterocycles. The maximum absolute atomic E-state index is 8.77. The van der Waals surface area contributed by atoms with Gasteiger partial charge in [-0.3, -0.25) is 0 Å². The quantitative estimate of drug-likeness (QED) is 0.775. The van der Waals surface area contributed by atoms with E-state index in [1.165, 1.54) is 18.5 Å². The van der Waals surface area contributed by atoms with Crippen LogP contribution in [0.2, 0.25) is 0 Å². The van der Waals surface area contributed by atoms with Crippen LogP contribution in [0.5, 0.6) is 0 Å². The van der Waals surface area contributed by atoms with E-state index in [0.717, 1.165) is 30.5 Å². The van der Waals surface area contributed by atoms with Crippen LogP contribution in [0.3, 0.4) is 0 Å². The van der Waals surface area contributed by atoms with Crippen LogP contribution in [0.1, 0.15) is 32.3 Å². The third-order valence-corrected chi connectivity index (χ3v) is 3.84. The molecule has 0 spiro atoms. The number of piperidine rings is 1. The van der Waals surface area contributed by atoms with Crippen molar-refractivity contribution in [3.05, 3.63) is 29.8 Å². The van der Waals surface area contributed by atoms with Gasteiger partial charge < -0.3 is 4.90 Å². The first-order chi connectivity index (χ1) is 8.20. The van der Waals surface area contributed by atoms with Gasteiger partial charge in [-0.05, 0) is 48.9 Å². The van der Waals surface area contributed by atoms with Gasteiger partial charge in [0, 0.05) is 18.8 Å². The fraction of sp³-hybridized carbons (Fsp3) is 0.533. The predicted octanol–water partition coefficient (Wildman–Crippen LogP) is 3.43. The van der Waals surface area contributed by atoms with E-state index in [1.54, 1.807) is 0 Å². The first-order valence-electron chi connectivity index (χ1n) is 6.46. The van der Waals surface area contributed by atoms with E-state index < -0.39 is 0 Å². The molecule has 0 atom stereocenters. The normalized spacial score (nSPS) is 17.2. The van der Waals surface area contributed by atoms with Crippen LogP contribution in [-0.2, 0) is 0 Å². The molecule has 0 saturated carbocycles. The lowest BCUT2D eigenvalue weighted by molar-refractivity contribution is 0.311. The number of hydrogen-bond donors (Lipinski definition) is 0. The van der Waals surface area contributed by atoms with Crippen LogP contribution in [0.4, 0.5) is 5.69 Å². The maximum atomic E-state index is 8.77. The molecule has 1 aromatic carbocycles. The highest BCUT2D eigenvalue weighted by molar-refractivity contribution is 5.49. The number of anilines is 1. The predicted molar refractivity (Wildman–Crippen MR) is 70.9 cm³/mol. The Bertz CT molecular complexity index is 392. The van der Waals surface area contributed by atoms with Crippen molar-refractivity contribution < 1.29 is 0 Å². The molecule has 1 heterocycles. The zero-order valence-corrected chi connectivity index (χ0v) is 10.7. The Balaban J connectivity index is 1.98. The summed E-state index contributed by atoms with van der Waals surface area (Å²) in [6, 6.07) is 10.1. The van der Waals surface area contributed by atoms with Crippen LogP contribution in [0.25, 0.3) is 0 Å². The zero-order chi connectivity index (χ0) is 12.3. The van der Waals surface area contributed by atoms with E-state index in [0.29, 0.717) is 0 Å². The molecular weight excluding hydrogens is 208 g/mol. The van der Waals surface area contributed by atoms with Gasteiger partial charge in [0.25, 0.3) is 0 Å². The summed E-state index contributed by atoms with van der Waals surface area (Å²) >= 11 is 0. The molecule has 0 N–H and O–H groups in total. The van der Waals surface area contributed by atoms with Crippen molar-refractivity contribution in [2.75, 3.05) is 18.0 Å². The van der Waals surface area contributed by atoms with Crippen molar-refractivity contribution >= 4 is 5.69 Å². The first kappa shape index (κ1) is 12.0. The second-order valence-corrected chi connectivity index (χ2v) is 5.23. The van der Waals surface area contributed by atoms with E-state index >= 15 is 0 Å². The van der Waals surface area contributed by atoms with Crippen molar-refractivity contribution in [2.24, 2.45) is 11.8 Å². The number of rotatable bonds is 2. The fourth-order valence-electron chi connectivity index (χ4n) is 2.57. The molecule has 1 aliphatic heterocycles. The van der Waals surface area contributed by atoms with Crippen molar-refractivity contribution in [1.29, 1.82) is 5.26 Å². The highest BCUT2D eigenvalue weighted by Crippen LogP contribution is 2.27. The van der Waals surface area contributed by atoms with Crippen molar-refractivity contribution in [2.45, 2.75) is 26.7 Å². The van der Waals surface area contributed by atoms with Crippen molar-refractivity contribution in [3.8, 4) is 6.07 Å². The van der Waals surface area contributed by atoms with E-state index in [4.69, 9.17) is 5.26 Å². The Kier molecular flexibility index (Phi) is 3.68. The summed E-state index contributed by atoms with van der Waals surface area (Å²) in [5, 5.41) is 8.77. The Hall–Kier alpha value is -1.49. The molecule has 1 fully saturated rings. The highest BCUT2D eigenvalue weighted by atomic mass is 15.1. The molecule has 17 heavy (non-hydrogen) atoms. The van der Waals surface area contributed by atoms with Crippen LogP contribution in [-0.4, -0.2) is 13.1 Å². The average Bonchev–Trinajstić information content (AvgIpc) is 2.39. The van der Waals surface area contributed by atoms with Crippen molar-refractivity contribution in [1.82, 2.24) is 0 Å². The standard InChI is InChI=1S/C15H20N2/c1-12(2)14-7-9-17(10-8-14)15-5-3-13(11-16)4-6-15/h3-6,12,14H,7-10H2,1-2H3. The summed E-state index contributed by atoms with van der Waals surface area (Å²) in [4.78, 5) is 2.43. The van der Waals surface area contributed by atoms with Crippen LogP contribution >= 0.6 is 0 Å². The summed E-state index contributed by atoms with van der Waals surface area (Å²) in [7, 11) is 0. The van der Waals surface area contributed by atoms with Gasteiger partial charge in [0.05, 0.1) is 11.6 Å². The molecule has 0 amide bonds. The smallest absolute Gasteiger partial charge is 0.0991 e. The first-order valence-corrected chi connectivity index (χ1v) is 6.46. The zero-order valence-electron chi connectivity index (χ0n) is 10.7. The number of nitriles is 1. The molecule has 2 nitrogen and oxygen atoms in total.